The van der Waals surface area contributed by atoms with E-state index in [1.165, 1.54) is 43.6 Å². The van der Waals surface area contributed by atoms with Crippen molar-refractivity contribution in [2.24, 2.45) is 13.0 Å². The number of anilines is 2. The molecule has 0 bridgehead atoms. The molecule has 27 heavy (non-hydrogen) atoms. The van der Waals surface area contributed by atoms with Crippen LogP contribution in [0.1, 0.15) is 12.8 Å². The third-order valence-electron chi connectivity index (χ3n) is 4.82. The molecule has 2 aromatic heterocycles. The van der Waals surface area contributed by atoms with E-state index in [1.54, 1.807) is 6.20 Å². The van der Waals surface area contributed by atoms with Crippen LogP contribution in [0.15, 0.2) is 29.2 Å². The molecule has 2 heterocycles. The second-order valence-electron chi connectivity index (χ2n) is 6.75. The summed E-state index contributed by atoms with van der Waals surface area (Å²) in [6.45, 7) is 0.796. The number of hydrogen-bond acceptors (Lipinski definition) is 5. The van der Waals surface area contributed by atoms with Crippen LogP contribution < -0.4 is 16.2 Å². The Morgan fingerprint density at radius 2 is 2.07 bits per heavy atom. The lowest BCUT2D eigenvalue weighted by Crippen LogP contribution is -2.21. The van der Waals surface area contributed by atoms with Crippen LogP contribution in [0.2, 0.25) is 0 Å². The van der Waals surface area contributed by atoms with E-state index in [1.807, 2.05) is 0 Å². The molecule has 0 unspecified atom stereocenters. The van der Waals surface area contributed by atoms with E-state index in [0.29, 0.717) is 22.9 Å². The zero-order valence-electron chi connectivity index (χ0n) is 15.0. The van der Waals surface area contributed by atoms with E-state index in [9.17, 15) is 13.6 Å². The number of rotatable bonds is 5. The first-order chi connectivity index (χ1) is 13.0. The van der Waals surface area contributed by atoms with Crippen LogP contribution in [-0.2, 0) is 7.05 Å². The number of benzene rings is 1. The fourth-order valence-corrected chi connectivity index (χ4v) is 3.06. The van der Waals surface area contributed by atoms with Gasteiger partial charge < -0.3 is 10.6 Å². The number of nitrogens with one attached hydrogen (secondary N) is 2. The van der Waals surface area contributed by atoms with Gasteiger partial charge in [0.25, 0.3) is 5.56 Å². The van der Waals surface area contributed by atoms with Gasteiger partial charge in [0.1, 0.15) is 11.5 Å². The van der Waals surface area contributed by atoms with Gasteiger partial charge in [-0.25, -0.2) is 13.8 Å². The lowest BCUT2D eigenvalue weighted by atomic mass is 10.0. The summed E-state index contributed by atoms with van der Waals surface area (Å²) >= 11 is 0. The molecule has 4 rings (SSSR count). The van der Waals surface area contributed by atoms with Crippen molar-refractivity contribution in [1.82, 2.24) is 14.5 Å². The van der Waals surface area contributed by atoms with E-state index in [-0.39, 0.29) is 16.8 Å². The van der Waals surface area contributed by atoms with Crippen LogP contribution in [0, 0.1) is 17.6 Å². The minimum absolute atomic E-state index is 0.0700. The molecule has 1 aliphatic rings. The summed E-state index contributed by atoms with van der Waals surface area (Å²) in [7, 11) is 3.06. The number of halogens is 2. The second kappa shape index (κ2) is 6.61. The predicted octanol–water partition coefficient (Wildman–Crippen LogP) is 3.14. The molecule has 1 fully saturated rings. The van der Waals surface area contributed by atoms with Crippen molar-refractivity contribution >= 4 is 22.7 Å². The van der Waals surface area contributed by atoms with Crippen molar-refractivity contribution in [2.75, 3.05) is 24.2 Å². The van der Waals surface area contributed by atoms with Crippen LogP contribution in [0.25, 0.3) is 22.2 Å². The van der Waals surface area contributed by atoms with E-state index in [2.05, 4.69) is 20.6 Å². The molecule has 6 nitrogen and oxygen atoms in total. The largest absolute Gasteiger partial charge is 0.386 e. The Morgan fingerprint density at radius 1 is 1.30 bits per heavy atom. The maximum atomic E-state index is 14.7. The lowest BCUT2D eigenvalue weighted by molar-refractivity contribution is 0.591. The number of pyridine rings is 1. The van der Waals surface area contributed by atoms with Crippen LogP contribution >= 0.6 is 0 Å². The predicted molar refractivity (Wildman–Crippen MR) is 101 cm³/mol. The number of fused-ring (bicyclic) bond motifs is 1. The van der Waals surface area contributed by atoms with Crippen LogP contribution in [0.5, 0.6) is 0 Å². The van der Waals surface area contributed by atoms with Gasteiger partial charge in [-0.15, -0.1) is 0 Å². The molecule has 2 N–H and O–H groups in total. The van der Waals surface area contributed by atoms with E-state index in [0.717, 1.165) is 12.6 Å². The summed E-state index contributed by atoms with van der Waals surface area (Å²) in [6.07, 6.45) is 3.95. The molecule has 3 aromatic rings. The highest BCUT2D eigenvalue weighted by molar-refractivity contribution is 5.82. The quantitative estimate of drug-likeness (QED) is 0.721. The molecule has 0 atom stereocenters. The van der Waals surface area contributed by atoms with Gasteiger partial charge in [0.2, 0.25) is 5.95 Å². The summed E-state index contributed by atoms with van der Waals surface area (Å²) in [5.41, 5.74) is -0.438. The highest BCUT2D eigenvalue weighted by Gasteiger charge is 2.22. The Hall–Kier alpha value is -3.03. The Morgan fingerprint density at radius 3 is 2.78 bits per heavy atom. The molecule has 140 valence electrons. The first-order valence-electron chi connectivity index (χ1n) is 8.76. The minimum Gasteiger partial charge on any atom is -0.386 e. The summed E-state index contributed by atoms with van der Waals surface area (Å²) in [5, 5.41) is 6.34. The fourth-order valence-electron chi connectivity index (χ4n) is 3.06. The molecule has 1 aromatic carbocycles. The standard InChI is InChI=1S/C19H19F2N5O/c1-22-14-6-5-13(20)15(16(14)21)12-7-11-9-24-19(23-8-10-3-4-10)25-17(11)26(2)18(12)27/h5-7,9-10,22H,3-4,8H2,1-2H3,(H,23,24,25). The van der Waals surface area contributed by atoms with Crippen molar-refractivity contribution in [2.45, 2.75) is 12.8 Å². The third kappa shape index (κ3) is 3.11. The molecule has 0 spiro atoms. The molecular formula is C19H19F2N5O. The average Bonchev–Trinajstić information content (AvgIpc) is 3.49. The second-order valence-corrected chi connectivity index (χ2v) is 6.75. The Kier molecular flexibility index (Phi) is 4.25. The smallest absolute Gasteiger partial charge is 0.260 e. The number of aromatic nitrogens is 3. The summed E-state index contributed by atoms with van der Waals surface area (Å²) in [5.74, 6) is -0.517. The zero-order chi connectivity index (χ0) is 19.1. The zero-order valence-corrected chi connectivity index (χ0v) is 15.0. The topological polar surface area (TPSA) is 71.8 Å². The highest BCUT2D eigenvalue weighted by atomic mass is 19.1. The van der Waals surface area contributed by atoms with Crippen molar-refractivity contribution < 1.29 is 8.78 Å². The van der Waals surface area contributed by atoms with Gasteiger partial charge in [0.15, 0.2) is 5.82 Å². The molecule has 0 aliphatic heterocycles. The summed E-state index contributed by atoms with van der Waals surface area (Å²) in [4.78, 5) is 21.4. The average molecular weight is 371 g/mol. The van der Waals surface area contributed by atoms with Gasteiger partial charge in [-0.1, -0.05) is 0 Å². The molecule has 0 radical (unpaired) electrons. The van der Waals surface area contributed by atoms with Gasteiger partial charge in [0, 0.05) is 32.2 Å². The van der Waals surface area contributed by atoms with Gasteiger partial charge in [-0.05, 0) is 37.0 Å². The molecule has 0 amide bonds. The SMILES string of the molecule is CNc1ccc(F)c(-c2cc3cnc(NCC4CC4)nc3n(C)c2=O)c1F. The first-order valence-corrected chi connectivity index (χ1v) is 8.76. The Balaban J connectivity index is 1.85. The molecule has 1 aliphatic carbocycles. The monoisotopic (exact) mass is 371 g/mol. The number of hydrogen-bond donors (Lipinski definition) is 2. The molecule has 8 heteroatoms. The summed E-state index contributed by atoms with van der Waals surface area (Å²) in [6, 6.07) is 3.86. The molecule has 0 saturated heterocycles. The van der Waals surface area contributed by atoms with Crippen molar-refractivity contribution in [3.05, 3.63) is 46.4 Å². The van der Waals surface area contributed by atoms with Crippen molar-refractivity contribution in [3.8, 4) is 11.1 Å². The normalized spacial score (nSPS) is 13.8. The van der Waals surface area contributed by atoms with Crippen molar-refractivity contribution in [3.63, 3.8) is 0 Å². The van der Waals surface area contributed by atoms with E-state index in [4.69, 9.17) is 0 Å². The van der Waals surface area contributed by atoms with Crippen LogP contribution in [0.3, 0.4) is 0 Å². The maximum Gasteiger partial charge on any atom is 0.260 e. The fraction of sp³-hybridized carbons (Fsp3) is 0.316. The van der Waals surface area contributed by atoms with Gasteiger partial charge in [-0.2, -0.15) is 4.98 Å². The number of nitrogens with zero attached hydrogens (tertiary/aromatic N) is 3. The van der Waals surface area contributed by atoms with Crippen LogP contribution in [0.4, 0.5) is 20.4 Å². The third-order valence-corrected chi connectivity index (χ3v) is 4.82. The lowest BCUT2D eigenvalue weighted by Gasteiger charge is -2.12. The summed E-state index contributed by atoms with van der Waals surface area (Å²) < 4.78 is 30.3. The van der Waals surface area contributed by atoms with Crippen molar-refractivity contribution in [1.29, 1.82) is 0 Å². The van der Waals surface area contributed by atoms with Gasteiger partial charge >= 0.3 is 0 Å². The first kappa shape index (κ1) is 17.4. The van der Waals surface area contributed by atoms with E-state index < -0.39 is 17.2 Å². The highest BCUT2D eigenvalue weighted by Crippen LogP contribution is 2.30. The molecule has 1 saturated carbocycles. The maximum absolute atomic E-state index is 14.7. The Labute approximate surface area is 154 Å². The van der Waals surface area contributed by atoms with Gasteiger partial charge in [-0.3, -0.25) is 9.36 Å². The van der Waals surface area contributed by atoms with Gasteiger partial charge in [0.05, 0.1) is 16.8 Å². The number of aryl methyl sites for hydroxylation is 1. The molecular weight excluding hydrogens is 352 g/mol. The van der Waals surface area contributed by atoms with Crippen LogP contribution in [-0.4, -0.2) is 28.1 Å². The Bertz CT molecular complexity index is 1090. The minimum atomic E-state index is -0.808. The van der Waals surface area contributed by atoms with E-state index >= 15 is 0 Å².